The molecule has 3 nitrogen and oxygen atoms in total. The lowest BCUT2D eigenvalue weighted by Crippen LogP contribution is -2.01. The summed E-state index contributed by atoms with van der Waals surface area (Å²) < 4.78 is 3.16. The van der Waals surface area contributed by atoms with Crippen molar-refractivity contribution in [2.75, 3.05) is 0 Å². The Bertz CT molecular complexity index is 569. The maximum Gasteiger partial charge on any atom is 0.116 e. The van der Waals surface area contributed by atoms with Crippen LogP contribution in [0, 0.1) is 0 Å². The van der Waals surface area contributed by atoms with E-state index in [1.54, 1.807) is 23.9 Å². The van der Waals surface area contributed by atoms with Crippen molar-refractivity contribution in [3.8, 4) is 5.75 Å². The van der Waals surface area contributed by atoms with Gasteiger partial charge in [-0.3, -0.25) is 4.68 Å². The lowest BCUT2D eigenvalue weighted by molar-refractivity contribution is 0.474. The Morgan fingerprint density at radius 2 is 2.16 bits per heavy atom. The lowest BCUT2D eigenvalue weighted by atomic mass is 10.3. The number of thioether (sulfide) groups is 1. The minimum atomic E-state index is 0.308. The highest BCUT2D eigenvalue weighted by molar-refractivity contribution is 9.10. The van der Waals surface area contributed by atoms with Crippen LogP contribution < -0.4 is 0 Å². The molecule has 1 heterocycles. The standard InChI is InChI=1S/C14H17BrN2OS/c1-3-12-14(15)13(17(4-2)16-12)9-19-11-7-5-6-10(18)8-11/h5-8,18H,3-4,9H2,1-2H3. The third-order valence-corrected chi connectivity index (χ3v) is 4.81. The molecule has 0 aliphatic carbocycles. The maximum atomic E-state index is 9.47. The Hall–Kier alpha value is -0.940. The Morgan fingerprint density at radius 3 is 2.79 bits per heavy atom. The van der Waals surface area contributed by atoms with Crippen LogP contribution in [0.4, 0.5) is 0 Å². The molecule has 0 amide bonds. The molecule has 19 heavy (non-hydrogen) atoms. The van der Waals surface area contributed by atoms with E-state index in [4.69, 9.17) is 0 Å². The molecule has 0 saturated carbocycles. The number of aromatic hydroxyl groups is 1. The Kier molecular flexibility index (Phi) is 4.93. The van der Waals surface area contributed by atoms with Crippen molar-refractivity contribution in [1.29, 1.82) is 0 Å². The third-order valence-electron chi connectivity index (χ3n) is 2.89. The predicted molar refractivity (Wildman–Crippen MR) is 82.6 cm³/mol. The zero-order chi connectivity index (χ0) is 13.8. The molecule has 102 valence electrons. The fourth-order valence-corrected chi connectivity index (χ4v) is 3.75. The van der Waals surface area contributed by atoms with E-state index in [0.717, 1.165) is 33.8 Å². The third kappa shape index (κ3) is 3.34. The number of hydrogen-bond acceptors (Lipinski definition) is 3. The van der Waals surface area contributed by atoms with Crippen LogP contribution >= 0.6 is 27.7 Å². The largest absolute Gasteiger partial charge is 0.508 e. The summed E-state index contributed by atoms with van der Waals surface area (Å²) in [6.45, 7) is 5.08. The van der Waals surface area contributed by atoms with Crippen molar-refractivity contribution < 1.29 is 5.11 Å². The summed E-state index contributed by atoms with van der Waals surface area (Å²) in [6.07, 6.45) is 0.928. The van der Waals surface area contributed by atoms with Gasteiger partial charge in [0, 0.05) is 17.2 Å². The summed E-state index contributed by atoms with van der Waals surface area (Å²) in [6, 6.07) is 7.34. The summed E-state index contributed by atoms with van der Waals surface area (Å²) in [5.74, 6) is 1.15. The molecule has 0 unspecified atom stereocenters. The van der Waals surface area contributed by atoms with Gasteiger partial charge in [-0.1, -0.05) is 13.0 Å². The van der Waals surface area contributed by atoms with Gasteiger partial charge < -0.3 is 5.11 Å². The molecule has 5 heteroatoms. The van der Waals surface area contributed by atoms with Crippen molar-refractivity contribution in [2.45, 2.75) is 37.5 Å². The first-order valence-corrected chi connectivity index (χ1v) is 8.09. The highest BCUT2D eigenvalue weighted by Crippen LogP contribution is 2.30. The van der Waals surface area contributed by atoms with Crippen LogP contribution in [0.3, 0.4) is 0 Å². The second-order valence-electron chi connectivity index (χ2n) is 4.16. The van der Waals surface area contributed by atoms with Gasteiger partial charge in [0.15, 0.2) is 0 Å². The number of phenolic OH excluding ortho intramolecular Hbond substituents is 1. The predicted octanol–water partition coefficient (Wildman–Crippen LogP) is 4.23. The maximum absolute atomic E-state index is 9.47. The topological polar surface area (TPSA) is 38.0 Å². The zero-order valence-corrected chi connectivity index (χ0v) is 13.5. The van der Waals surface area contributed by atoms with Crippen LogP contribution in [0.2, 0.25) is 0 Å². The number of aryl methyl sites for hydroxylation is 2. The molecule has 2 aromatic rings. The number of nitrogens with zero attached hydrogens (tertiary/aromatic N) is 2. The van der Waals surface area contributed by atoms with Gasteiger partial charge in [0.2, 0.25) is 0 Å². The van der Waals surface area contributed by atoms with Crippen molar-refractivity contribution in [3.63, 3.8) is 0 Å². The van der Waals surface area contributed by atoms with Gasteiger partial charge in [0.25, 0.3) is 0 Å². The fourth-order valence-electron chi connectivity index (χ4n) is 1.88. The molecule has 0 radical (unpaired) electrons. The second kappa shape index (κ2) is 6.48. The van der Waals surface area contributed by atoms with Crippen molar-refractivity contribution in [3.05, 3.63) is 40.1 Å². The van der Waals surface area contributed by atoms with Crippen LogP contribution in [0.5, 0.6) is 5.75 Å². The van der Waals surface area contributed by atoms with E-state index in [1.165, 1.54) is 5.69 Å². The van der Waals surface area contributed by atoms with Gasteiger partial charge in [-0.05, 0) is 47.5 Å². The number of hydrogen-bond donors (Lipinski definition) is 1. The molecule has 0 aliphatic rings. The molecule has 1 aromatic heterocycles. The number of halogens is 1. The van der Waals surface area contributed by atoms with Crippen LogP contribution in [-0.2, 0) is 18.7 Å². The first-order chi connectivity index (χ1) is 9.15. The van der Waals surface area contributed by atoms with Gasteiger partial charge in [-0.15, -0.1) is 11.8 Å². The number of aromatic nitrogens is 2. The number of benzene rings is 1. The Labute approximate surface area is 126 Å². The lowest BCUT2D eigenvalue weighted by Gasteiger charge is -2.05. The summed E-state index contributed by atoms with van der Waals surface area (Å²) in [4.78, 5) is 1.06. The molecular weight excluding hydrogens is 324 g/mol. The quantitative estimate of drug-likeness (QED) is 0.828. The van der Waals surface area contributed by atoms with E-state index in [-0.39, 0.29) is 0 Å². The van der Waals surface area contributed by atoms with E-state index in [2.05, 4.69) is 34.9 Å². The minimum absolute atomic E-state index is 0.308. The highest BCUT2D eigenvalue weighted by Gasteiger charge is 2.13. The Morgan fingerprint density at radius 1 is 1.37 bits per heavy atom. The summed E-state index contributed by atoms with van der Waals surface area (Å²) in [5, 5.41) is 14.1. The van der Waals surface area contributed by atoms with Crippen molar-refractivity contribution in [1.82, 2.24) is 9.78 Å². The molecule has 1 aromatic carbocycles. The molecule has 0 spiro atoms. The van der Waals surface area contributed by atoms with Gasteiger partial charge in [-0.25, -0.2) is 0 Å². The summed E-state index contributed by atoms with van der Waals surface area (Å²) >= 11 is 5.35. The van der Waals surface area contributed by atoms with E-state index in [9.17, 15) is 5.11 Å². The van der Waals surface area contributed by atoms with E-state index in [0.29, 0.717) is 5.75 Å². The van der Waals surface area contributed by atoms with Crippen LogP contribution in [0.1, 0.15) is 25.2 Å². The number of rotatable bonds is 5. The molecule has 0 aliphatic heterocycles. The molecule has 0 atom stereocenters. The summed E-state index contributed by atoms with van der Waals surface area (Å²) in [7, 11) is 0. The van der Waals surface area contributed by atoms with E-state index >= 15 is 0 Å². The van der Waals surface area contributed by atoms with Crippen LogP contribution in [0.15, 0.2) is 33.6 Å². The summed E-state index contributed by atoms with van der Waals surface area (Å²) in [5.41, 5.74) is 2.31. The average Bonchev–Trinajstić information content (AvgIpc) is 2.72. The average molecular weight is 341 g/mol. The first kappa shape index (κ1) is 14.5. The second-order valence-corrected chi connectivity index (χ2v) is 6.00. The minimum Gasteiger partial charge on any atom is -0.508 e. The molecule has 1 N–H and O–H groups in total. The molecular formula is C14H17BrN2OS. The van der Waals surface area contributed by atoms with Crippen LogP contribution in [-0.4, -0.2) is 14.9 Å². The molecule has 0 bridgehead atoms. The van der Waals surface area contributed by atoms with Crippen LogP contribution in [0.25, 0.3) is 0 Å². The Balaban J connectivity index is 2.17. The number of phenols is 1. The highest BCUT2D eigenvalue weighted by atomic mass is 79.9. The fraction of sp³-hybridized carbons (Fsp3) is 0.357. The monoisotopic (exact) mass is 340 g/mol. The zero-order valence-electron chi connectivity index (χ0n) is 11.1. The molecule has 0 saturated heterocycles. The van der Waals surface area contributed by atoms with Gasteiger partial charge in [0.05, 0.1) is 15.9 Å². The normalized spacial score (nSPS) is 10.9. The van der Waals surface area contributed by atoms with Gasteiger partial charge >= 0.3 is 0 Å². The van der Waals surface area contributed by atoms with Crippen molar-refractivity contribution in [2.24, 2.45) is 0 Å². The SMILES string of the molecule is CCc1nn(CC)c(CSc2cccc(O)c2)c1Br. The first-order valence-electron chi connectivity index (χ1n) is 6.31. The van der Waals surface area contributed by atoms with Gasteiger partial charge in [-0.2, -0.15) is 5.10 Å². The van der Waals surface area contributed by atoms with Gasteiger partial charge in [0.1, 0.15) is 5.75 Å². The van der Waals surface area contributed by atoms with E-state index < -0.39 is 0 Å². The smallest absolute Gasteiger partial charge is 0.116 e. The molecule has 0 fully saturated rings. The van der Waals surface area contributed by atoms with Crippen molar-refractivity contribution >= 4 is 27.7 Å². The molecule has 2 rings (SSSR count). The van der Waals surface area contributed by atoms with E-state index in [1.807, 2.05) is 16.8 Å².